The molecule has 0 aliphatic carbocycles. The summed E-state index contributed by atoms with van der Waals surface area (Å²) in [5, 5.41) is 11.3. The molecule has 2 rings (SSSR count). The van der Waals surface area contributed by atoms with Crippen molar-refractivity contribution in [1.29, 1.82) is 5.26 Å². The molecule has 1 aromatic carbocycles. The number of benzene rings is 1. The van der Waals surface area contributed by atoms with Crippen LogP contribution in [-0.4, -0.2) is 10.9 Å². The zero-order valence-corrected chi connectivity index (χ0v) is 11.1. The Hall–Kier alpha value is -2.98. The summed E-state index contributed by atoms with van der Waals surface area (Å²) >= 11 is 0. The van der Waals surface area contributed by atoms with Crippen molar-refractivity contribution in [2.45, 2.75) is 6.92 Å². The smallest absolute Gasteiger partial charge is 0.259 e. The lowest BCUT2D eigenvalue weighted by Crippen LogP contribution is -2.18. The van der Waals surface area contributed by atoms with E-state index in [0.717, 1.165) is 6.07 Å². The third-order valence-electron chi connectivity index (χ3n) is 2.79. The minimum Gasteiger partial charge on any atom is -0.323 e. The highest BCUT2D eigenvalue weighted by Crippen LogP contribution is 2.18. The van der Waals surface area contributed by atoms with Crippen molar-refractivity contribution in [2.75, 3.05) is 10.7 Å². The zero-order chi connectivity index (χ0) is 15.4. The number of amides is 1. The summed E-state index contributed by atoms with van der Waals surface area (Å²) in [4.78, 5) is 16.2. The van der Waals surface area contributed by atoms with Gasteiger partial charge in [-0.25, -0.2) is 4.39 Å². The summed E-state index contributed by atoms with van der Waals surface area (Å²) < 4.78 is 13.2. The molecule has 1 amide bonds. The Labute approximate surface area is 120 Å². The van der Waals surface area contributed by atoms with Crippen LogP contribution in [0.25, 0.3) is 0 Å². The van der Waals surface area contributed by atoms with Crippen LogP contribution in [0.3, 0.4) is 0 Å². The van der Waals surface area contributed by atoms with E-state index in [-0.39, 0.29) is 11.1 Å². The maximum atomic E-state index is 13.2. The molecule has 0 atom stereocenters. The molecule has 21 heavy (non-hydrogen) atoms. The summed E-state index contributed by atoms with van der Waals surface area (Å²) in [7, 11) is 0. The van der Waals surface area contributed by atoms with E-state index in [2.05, 4.69) is 15.7 Å². The van der Waals surface area contributed by atoms with Gasteiger partial charge in [0.1, 0.15) is 11.9 Å². The van der Waals surface area contributed by atoms with Crippen LogP contribution < -0.4 is 16.6 Å². The Morgan fingerprint density at radius 3 is 2.86 bits per heavy atom. The third kappa shape index (κ3) is 3.13. The van der Waals surface area contributed by atoms with Crippen LogP contribution in [0.15, 0.2) is 30.5 Å². The van der Waals surface area contributed by atoms with E-state index in [1.165, 1.54) is 18.3 Å². The van der Waals surface area contributed by atoms with Gasteiger partial charge in [-0.3, -0.25) is 15.6 Å². The van der Waals surface area contributed by atoms with Gasteiger partial charge in [0.15, 0.2) is 0 Å². The van der Waals surface area contributed by atoms with E-state index < -0.39 is 11.7 Å². The second kappa shape index (κ2) is 5.98. The molecule has 1 aromatic heterocycles. The average Bonchev–Trinajstić information content (AvgIpc) is 2.48. The number of aromatic nitrogens is 1. The molecule has 0 bridgehead atoms. The maximum absolute atomic E-state index is 13.2. The van der Waals surface area contributed by atoms with Crippen molar-refractivity contribution in [1.82, 2.24) is 4.98 Å². The average molecular weight is 285 g/mol. The monoisotopic (exact) mass is 285 g/mol. The van der Waals surface area contributed by atoms with Gasteiger partial charge in [-0.15, -0.1) is 0 Å². The molecule has 0 spiro atoms. The summed E-state index contributed by atoms with van der Waals surface area (Å²) in [5.74, 6) is 4.26. The van der Waals surface area contributed by atoms with Crippen molar-refractivity contribution in [3.63, 3.8) is 0 Å². The van der Waals surface area contributed by atoms with Crippen molar-refractivity contribution in [2.24, 2.45) is 5.84 Å². The van der Waals surface area contributed by atoms with Gasteiger partial charge in [-0.1, -0.05) is 0 Å². The molecule has 0 aliphatic rings. The summed E-state index contributed by atoms with van der Waals surface area (Å²) in [6.07, 6.45) is 1.38. The van der Waals surface area contributed by atoms with Crippen LogP contribution in [-0.2, 0) is 0 Å². The van der Waals surface area contributed by atoms with Gasteiger partial charge in [0.2, 0.25) is 0 Å². The number of hydrazine groups is 1. The van der Waals surface area contributed by atoms with E-state index in [4.69, 9.17) is 11.1 Å². The summed E-state index contributed by atoms with van der Waals surface area (Å²) in [6.45, 7) is 1.77. The van der Waals surface area contributed by atoms with E-state index in [0.29, 0.717) is 17.1 Å². The number of aryl methyl sites for hydroxylation is 1. The van der Waals surface area contributed by atoms with Crippen LogP contribution >= 0.6 is 0 Å². The number of pyridine rings is 1. The second-order valence-electron chi connectivity index (χ2n) is 4.28. The summed E-state index contributed by atoms with van der Waals surface area (Å²) in [6, 6.07) is 7.07. The first kappa shape index (κ1) is 14.4. The van der Waals surface area contributed by atoms with E-state index in [1.54, 1.807) is 19.1 Å². The Morgan fingerprint density at radius 2 is 2.19 bits per heavy atom. The predicted molar refractivity (Wildman–Crippen MR) is 75.9 cm³/mol. The molecule has 7 heteroatoms. The molecule has 0 saturated heterocycles. The highest BCUT2D eigenvalue weighted by Gasteiger charge is 2.13. The van der Waals surface area contributed by atoms with Gasteiger partial charge in [0, 0.05) is 17.6 Å². The quantitative estimate of drug-likeness (QED) is 0.590. The Balaban J connectivity index is 2.28. The number of nitrogens with one attached hydrogen (secondary N) is 2. The molecule has 1 heterocycles. The van der Waals surface area contributed by atoms with E-state index in [1.807, 2.05) is 0 Å². The number of halogens is 1. The topological polar surface area (TPSA) is 104 Å². The van der Waals surface area contributed by atoms with E-state index in [9.17, 15) is 9.18 Å². The fourth-order valence-corrected chi connectivity index (χ4v) is 1.75. The molecule has 0 aliphatic heterocycles. The van der Waals surface area contributed by atoms with Crippen molar-refractivity contribution in [3.05, 3.63) is 53.1 Å². The van der Waals surface area contributed by atoms with E-state index >= 15 is 0 Å². The number of nitrogens with zero attached hydrogens (tertiary/aromatic N) is 2. The van der Waals surface area contributed by atoms with Crippen LogP contribution in [0.1, 0.15) is 21.6 Å². The Morgan fingerprint density at radius 1 is 1.43 bits per heavy atom. The molecule has 6 nitrogen and oxygen atoms in total. The summed E-state index contributed by atoms with van der Waals surface area (Å²) in [5.41, 5.74) is 3.94. The predicted octanol–water partition coefficient (Wildman–Crippen LogP) is 1.94. The number of rotatable bonds is 3. The molecule has 0 fully saturated rings. The molecule has 106 valence electrons. The highest BCUT2D eigenvalue weighted by atomic mass is 19.1. The van der Waals surface area contributed by atoms with Gasteiger partial charge in [-0.2, -0.15) is 5.26 Å². The van der Waals surface area contributed by atoms with Crippen LogP contribution in [0.4, 0.5) is 15.8 Å². The number of nitrogen functional groups attached to an aromatic ring is 1. The van der Waals surface area contributed by atoms with Crippen molar-refractivity contribution in [3.8, 4) is 6.07 Å². The molecule has 2 aromatic rings. The first-order valence-corrected chi connectivity index (χ1v) is 5.99. The van der Waals surface area contributed by atoms with Gasteiger partial charge in [0.25, 0.3) is 5.91 Å². The number of hydrogen-bond donors (Lipinski definition) is 3. The largest absolute Gasteiger partial charge is 0.323 e. The lowest BCUT2D eigenvalue weighted by molar-refractivity contribution is 0.102. The maximum Gasteiger partial charge on any atom is 0.259 e. The zero-order valence-electron chi connectivity index (χ0n) is 11.1. The number of hydrogen-bond acceptors (Lipinski definition) is 5. The molecule has 0 saturated carbocycles. The number of carbonyl (C=O) groups is 1. The molecule has 0 unspecified atom stereocenters. The van der Waals surface area contributed by atoms with Gasteiger partial charge < -0.3 is 10.7 Å². The SMILES string of the molecule is Cc1cc(NN)c(C(=O)Nc2ccc(F)c(C#N)c2)cn1. The number of nitrogens with two attached hydrogens (primary N) is 1. The highest BCUT2D eigenvalue weighted by molar-refractivity contribution is 6.07. The van der Waals surface area contributed by atoms with Gasteiger partial charge >= 0.3 is 0 Å². The Kier molecular flexibility index (Phi) is 4.11. The second-order valence-corrected chi connectivity index (χ2v) is 4.28. The van der Waals surface area contributed by atoms with Crippen LogP contribution in [0.2, 0.25) is 0 Å². The minimum atomic E-state index is -0.642. The van der Waals surface area contributed by atoms with Crippen LogP contribution in [0, 0.1) is 24.1 Å². The normalized spacial score (nSPS) is 9.81. The van der Waals surface area contributed by atoms with Gasteiger partial charge in [0.05, 0.1) is 16.8 Å². The number of anilines is 2. The first-order valence-electron chi connectivity index (χ1n) is 5.99. The fraction of sp³-hybridized carbons (Fsp3) is 0.0714. The van der Waals surface area contributed by atoms with Gasteiger partial charge in [-0.05, 0) is 31.2 Å². The fourth-order valence-electron chi connectivity index (χ4n) is 1.75. The molecular formula is C14H12FN5O. The molecule has 4 N–H and O–H groups in total. The minimum absolute atomic E-state index is 0.146. The Bertz CT molecular complexity index is 739. The lowest BCUT2D eigenvalue weighted by atomic mass is 10.1. The van der Waals surface area contributed by atoms with Crippen molar-refractivity contribution >= 4 is 17.3 Å². The lowest BCUT2D eigenvalue weighted by Gasteiger charge is -2.10. The van der Waals surface area contributed by atoms with Crippen LogP contribution in [0.5, 0.6) is 0 Å². The number of carbonyl (C=O) groups excluding carboxylic acids is 1. The molecular weight excluding hydrogens is 273 g/mol. The third-order valence-corrected chi connectivity index (χ3v) is 2.79. The van der Waals surface area contributed by atoms with Crippen molar-refractivity contribution < 1.29 is 9.18 Å². The first-order chi connectivity index (χ1) is 10.0. The molecule has 0 radical (unpaired) electrons. The standard InChI is InChI=1S/C14H12FN5O/c1-8-4-13(20-17)11(7-18-8)14(21)19-10-2-3-12(15)9(5-10)6-16/h2-5,7H,17H2,1H3,(H,18,20)(H,19,21). The number of nitriles is 1.